The van der Waals surface area contributed by atoms with E-state index in [1.165, 1.54) is 22.5 Å². The molecule has 2 aromatic carbocycles. The van der Waals surface area contributed by atoms with E-state index in [2.05, 4.69) is 34.6 Å². The maximum absolute atomic E-state index is 12.2. The highest BCUT2D eigenvalue weighted by molar-refractivity contribution is 7.18. The Morgan fingerprint density at radius 2 is 1.67 bits per heavy atom. The van der Waals surface area contributed by atoms with Gasteiger partial charge in [-0.05, 0) is 24.5 Å². The van der Waals surface area contributed by atoms with Gasteiger partial charge < -0.3 is 5.32 Å². The Bertz CT molecular complexity index is 823. The zero-order valence-corrected chi connectivity index (χ0v) is 14.6. The molecular formula is C19H19N3OS. The van der Waals surface area contributed by atoms with Crippen molar-refractivity contribution in [1.82, 2.24) is 10.2 Å². The van der Waals surface area contributed by atoms with Gasteiger partial charge in [0, 0.05) is 5.56 Å². The summed E-state index contributed by atoms with van der Waals surface area (Å²) in [6, 6.07) is 16.2. The van der Waals surface area contributed by atoms with Crippen LogP contribution in [0, 0.1) is 6.92 Å². The molecule has 1 N–H and O–H groups in total. The number of rotatable bonds is 5. The highest BCUT2D eigenvalue weighted by Gasteiger charge is 2.10. The van der Waals surface area contributed by atoms with Crippen molar-refractivity contribution >= 4 is 22.4 Å². The Hall–Kier alpha value is -2.53. The summed E-state index contributed by atoms with van der Waals surface area (Å²) >= 11 is 1.38. The molecule has 1 amide bonds. The Labute approximate surface area is 145 Å². The van der Waals surface area contributed by atoms with Crippen molar-refractivity contribution in [2.75, 3.05) is 5.32 Å². The van der Waals surface area contributed by atoms with E-state index in [1.807, 2.05) is 43.3 Å². The third-order valence-corrected chi connectivity index (χ3v) is 4.65. The van der Waals surface area contributed by atoms with E-state index in [1.54, 1.807) is 0 Å². The summed E-state index contributed by atoms with van der Waals surface area (Å²) in [7, 11) is 0. The second-order valence-electron chi connectivity index (χ2n) is 5.67. The molecule has 0 spiro atoms. The lowest BCUT2D eigenvalue weighted by atomic mass is 10.1. The van der Waals surface area contributed by atoms with Crippen LogP contribution in [0.5, 0.6) is 0 Å². The molecule has 0 unspecified atom stereocenters. The van der Waals surface area contributed by atoms with Gasteiger partial charge in [0.25, 0.3) is 0 Å². The molecule has 1 aromatic heterocycles. The van der Waals surface area contributed by atoms with Crippen LogP contribution in [0.3, 0.4) is 0 Å². The monoisotopic (exact) mass is 337 g/mol. The number of hydrogen-bond donors (Lipinski definition) is 1. The number of nitrogens with one attached hydrogen (secondary N) is 1. The highest BCUT2D eigenvalue weighted by Crippen LogP contribution is 2.26. The number of benzene rings is 2. The molecule has 1 heterocycles. The number of carbonyl (C=O) groups is 1. The molecular weight excluding hydrogens is 318 g/mol. The Morgan fingerprint density at radius 3 is 2.33 bits per heavy atom. The standard InChI is InChI=1S/C19H19N3OS/c1-3-14-6-8-15(9-7-14)12-17(23)20-19-22-21-18(24-19)16-10-4-13(2)5-11-16/h4-11H,3,12H2,1-2H3,(H,20,22,23). The molecule has 24 heavy (non-hydrogen) atoms. The number of hydrogen-bond acceptors (Lipinski definition) is 4. The quantitative estimate of drug-likeness (QED) is 0.757. The van der Waals surface area contributed by atoms with Gasteiger partial charge >= 0.3 is 0 Å². The number of carbonyl (C=O) groups excluding carboxylic acids is 1. The summed E-state index contributed by atoms with van der Waals surface area (Å²) in [5.41, 5.74) is 4.47. The lowest BCUT2D eigenvalue weighted by molar-refractivity contribution is -0.115. The van der Waals surface area contributed by atoms with Gasteiger partial charge in [-0.1, -0.05) is 72.4 Å². The van der Waals surface area contributed by atoms with Crippen molar-refractivity contribution in [3.05, 3.63) is 65.2 Å². The van der Waals surface area contributed by atoms with Crippen molar-refractivity contribution in [1.29, 1.82) is 0 Å². The Kier molecular flexibility index (Phi) is 5.01. The van der Waals surface area contributed by atoms with E-state index in [0.717, 1.165) is 22.6 Å². The van der Waals surface area contributed by atoms with E-state index < -0.39 is 0 Å². The summed E-state index contributed by atoms with van der Waals surface area (Å²) in [6.45, 7) is 4.16. The zero-order valence-electron chi connectivity index (χ0n) is 13.7. The third kappa shape index (κ3) is 4.06. The summed E-state index contributed by atoms with van der Waals surface area (Å²) in [5.74, 6) is -0.0779. The molecule has 3 aromatic rings. The van der Waals surface area contributed by atoms with Crippen LogP contribution in [0.25, 0.3) is 10.6 Å². The van der Waals surface area contributed by atoms with E-state index >= 15 is 0 Å². The lowest BCUT2D eigenvalue weighted by Crippen LogP contribution is -2.14. The topological polar surface area (TPSA) is 54.9 Å². The first-order valence-electron chi connectivity index (χ1n) is 7.92. The van der Waals surface area contributed by atoms with Crippen molar-refractivity contribution < 1.29 is 4.79 Å². The zero-order chi connectivity index (χ0) is 16.9. The molecule has 0 aliphatic rings. The first-order valence-corrected chi connectivity index (χ1v) is 8.74. The van der Waals surface area contributed by atoms with Crippen LogP contribution < -0.4 is 5.32 Å². The van der Waals surface area contributed by atoms with Crippen LogP contribution in [-0.4, -0.2) is 16.1 Å². The predicted molar refractivity (Wildman–Crippen MR) is 98.2 cm³/mol. The molecule has 5 heteroatoms. The molecule has 0 saturated heterocycles. The fourth-order valence-corrected chi connectivity index (χ4v) is 3.09. The van der Waals surface area contributed by atoms with Gasteiger partial charge in [-0.3, -0.25) is 4.79 Å². The van der Waals surface area contributed by atoms with E-state index in [9.17, 15) is 4.79 Å². The molecule has 0 bridgehead atoms. The van der Waals surface area contributed by atoms with Gasteiger partial charge in [-0.25, -0.2) is 0 Å². The average Bonchev–Trinajstić information content (AvgIpc) is 3.04. The Morgan fingerprint density at radius 1 is 1.00 bits per heavy atom. The molecule has 0 saturated carbocycles. The molecule has 0 radical (unpaired) electrons. The van der Waals surface area contributed by atoms with Gasteiger partial charge in [0.05, 0.1) is 6.42 Å². The first kappa shape index (κ1) is 16.3. The highest BCUT2D eigenvalue weighted by atomic mass is 32.1. The minimum atomic E-state index is -0.0779. The van der Waals surface area contributed by atoms with Gasteiger partial charge in [-0.15, -0.1) is 10.2 Å². The molecule has 0 aliphatic carbocycles. The smallest absolute Gasteiger partial charge is 0.230 e. The number of nitrogens with zero attached hydrogens (tertiary/aromatic N) is 2. The normalized spacial score (nSPS) is 10.6. The van der Waals surface area contributed by atoms with E-state index in [0.29, 0.717) is 11.6 Å². The summed E-state index contributed by atoms with van der Waals surface area (Å²) in [6.07, 6.45) is 1.34. The SMILES string of the molecule is CCc1ccc(CC(=O)Nc2nnc(-c3ccc(C)cc3)s2)cc1. The van der Waals surface area contributed by atoms with Crippen molar-refractivity contribution in [3.63, 3.8) is 0 Å². The van der Waals surface area contributed by atoms with Crippen molar-refractivity contribution in [2.24, 2.45) is 0 Å². The van der Waals surface area contributed by atoms with Crippen LogP contribution in [0.2, 0.25) is 0 Å². The number of aryl methyl sites for hydroxylation is 2. The predicted octanol–water partition coefficient (Wildman–Crippen LogP) is 4.26. The number of amides is 1. The van der Waals surface area contributed by atoms with Crippen molar-refractivity contribution in [3.8, 4) is 10.6 Å². The summed E-state index contributed by atoms with van der Waals surface area (Å²) in [5, 5.41) is 12.4. The fraction of sp³-hybridized carbons (Fsp3) is 0.211. The summed E-state index contributed by atoms with van der Waals surface area (Å²) in [4.78, 5) is 12.2. The molecule has 3 rings (SSSR count). The van der Waals surface area contributed by atoms with Crippen LogP contribution in [-0.2, 0) is 17.6 Å². The van der Waals surface area contributed by atoms with E-state index in [4.69, 9.17) is 0 Å². The van der Waals surface area contributed by atoms with Crippen LogP contribution in [0.1, 0.15) is 23.6 Å². The van der Waals surface area contributed by atoms with Crippen LogP contribution in [0.4, 0.5) is 5.13 Å². The average molecular weight is 337 g/mol. The molecule has 0 atom stereocenters. The molecule has 0 fully saturated rings. The second kappa shape index (κ2) is 7.36. The molecule has 122 valence electrons. The summed E-state index contributed by atoms with van der Waals surface area (Å²) < 4.78 is 0. The third-order valence-electron chi connectivity index (χ3n) is 3.77. The van der Waals surface area contributed by atoms with Crippen molar-refractivity contribution in [2.45, 2.75) is 26.7 Å². The molecule has 4 nitrogen and oxygen atoms in total. The van der Waals surface area contributed by atoms with Crippen LogP contribution in [0.15, 0.2) is 48.5 Å². The second-order valence-corrected chi connectivity index (χ2v) is 6.65. The Balaban J connectivity index is 1.63. The minimum Gasteiger partial charge on any atom is -0.300 e. The minimum absolute atomic E-state index is 0.0779. The number of aromatic nitrogens is 2. The fourth-order valence-electron chi connectivity index (χ4n) is 2.33. The first-order chi connectivity index (χ1) is 11.6. The number of anilines is 1. The lowest BCUT2D eigenvalue weighted by Gasteiger charge is -2.03. The van der Waals surface area contributed by atoms with Gasteiger partial charge in [-0.2, -0.15) is 0 Å². The maximum Gasteiger partial charge on any atom is 0.230 e. The van der Waals surface area contributed by atoms with E-state index in [-0.39, 0.29) is 5.91 Å². The maximum atomic E-state index is 12.2. The van der Waals surface area contributed by atoms with Gasteiger partial charge in [0.1, 0.15) is 5.01 Å². The van der Waals surface area contributed by atoms with Gasteiger partial charge in [0.2, 0.25) is 11.0 Å². The largest absolute Gasteiger partial charge is 0.300 e. The molecule has 0 aliphatic heterocycles. The van der Waals surface area contributed by atoms with Crippen LogP contribution >= 0.6 is 11.3 Å². The van der Waals surface area contributed by atoms with Gasteiger partial charge in [0.15, 0.2) is 0 Å².